The molecule has 0 unspecified atom stereocenters. The predicted molar refractivity (Wildman–Crippen MR) is 131 cm³/mol. The first-order valence-corrected chi connectivity index (χ1v) is 11.3. The standard InChI is InChI=1S/C26H29N5O3/c1-16(2)25(32)28-20-12-22(26(33)30(5)15-21-11-17(3)29-34-21)24-23(13-20)27-18(4)31(24)14-19-9-7-6-8-10-19/h6-13,16H,14-15H2,1-5H3,(H,28,32). The highest BCUT2D eigenvalue weighted by atomic mass is 16.5. The van der Waals surface area contributed by atoms with Crippen LogP contribution in [0.4, 0.5) is 5.69 Å². The van der Waals surface area contributed by atoms with Crippen LogP contribution in [0.15, 0.2) is 53.1 Å². The maximum Gasteiger partial charge on any atom is 0.256 e. The third-order valence-electron chi connectivity index (χ3n) is 5.65. The molecule has 1 N–H and O–H groups in total. The molecule has 0 radical (unpaired) electrons. The smallest absolute Gasteiger partial charge is 0.256 e. The minimum absolute atomic E-state index is 0.122. The van der Waals surface area contributed by atoms with Gasteiger partial charge in [0.1, 0.15) is 5.82 Å². The number of anilines is 1. The van der Waals surface area contributed by atoms with Gasteiger partial charge in [-0.25, -0.2) is 4.98 Å². The van der Waals surface area contributed by atoms with Crippen LogP contribution in [-0.2, 0) is 17.9 Å². The third-order valence-corrected chi connectivity index (χ3v) is 5.65. The van der Waals surface area contributed by atoms with Crippen molar-refractivity contribution >= 4 is 28.5 Å². The van der Waals surface area contributed by atoms with Gasteiger partial charge in [-0.05, 0) is 31.5 Å². The number of nitrogens with zero attached hydrogens (tertiary/aromatic N) is 4. The first-order valence-electron chi connectivity index (χ1n) is 11.3. The fourth-order valence-electron chi connectivity index (χ4n) is 3.87. The lowest BCUT2D eigenvalue weighted by Crippen LogP contribution is -2.27. The van der Waals surface area contributed by atoms with Crippen molar-refractivity contribution in [2.24, 2.45) is 5.92 Å². The van der Waals surface area contributed by atoms with E-state index in [1.165, 1.54) is 0 Å². The predicted octanol–water partition coefficient (Wildman–Crippen LogP) is 4.56. The summed E-state index contributed by atoms with van der Waals surface area (Å²) < 4.78 is 7.34. The summed E-state index contributed by atoms with van der Waals surface area (Å²) in [6.07, 6.45) is 0. The van der Waals surface area contributed by atoms with Crippen LogP contribution in [0, 0.1) is 19.8 Å². The van der Waals surface area contributed by atoms with Gasteiger partial charge >= 0.3 is 0 Å². The Kier molecular flexibility index (Phi) is 6.49. The second-order valence-corrected chi connectivity index (χ2v) is 8.86. The number of benzene rings is 2. The highest BCUT2D eigenvalue weighted by molar-refractivity contribution is 6.07. The van der Waals surface area contributed by atoms with E-state index >= 15 is 0 Å². The summed E-state index contributed by atoms with van der Waals surface area (Å²) in [6.45, 7) is 8.26. The van der Waals surface area contributed by atoms with Crippen molar-refractivity contribution in [2.45, 2.75) is 40.8 Å². The number of fused-ring (bicyclic) bond motifs is 1. The molecule has 0 spiro atoms. The highest BCUT2D eigenvalue weighted by Crippen LogP contribution is 2.28. The Labute approximate surface area is 198 Å². The minimum atomic E-state index is -0.200. The van der Waals surface area contributed by atoms with E-state index in [0.29, 0.717) is 29.1 Å². The zero-order chi connectivity index (χ0) is 24.4. The van der Waals surface area contributed by atoms with Gasteiger partial charge in [0.05, 0.1) is 28.8 Å². The molecule has 0 aliphatic heterocycles. The Bertz CT molecular complexity index is 1340. The molecule has 0 saturated heterocycles. The van der Waals surface area contributed by atoms with Crippen LogP contribution in [-0.4, -0.2) is 38.5 Å². The summed E-state index contributed by atoms with van der Waals surface area (Å²) in [5.74, 6) is 0.874. The van der Waals surface area contributed by atoms with E-state index in [4.69, 9.17) is 9.51 Å². The molecule has 0 aliphatic carbocycles. The fourth-order valence-corrected chi connectivity index (χ4v) is 3.87. The molecular formula is C26H29N5O3. The van der Waals surface area contributed by atoms with E-state index in [9.17, 15) is 9.59 Å². The van der Waals surface area contributed by atoms with Crippen LogP contribution in [0.25, 0.3) is 11.0 Å². The fraction of sp³-hybridized carbons (Fsp3) is 0.308. The largest absolute Gasteiger partial charge is 0.359 e. The van der Waals surface area contributed by atoms with Crippen molar-refractivity contribution < 1.29 is 14.1 Å². The summed E-state index contributed by atoms with van der Waals surface area (Å²) in [6, 6.07) is 15.4. The summed E-state index contributed by atoms with van der Waals surface area (Å²) in [7, 11) is 1.72. The van der Waals surface area contributed by atoms with Crippen LogP contribution < -0.4 is 5.32 Å². The average molecular weight is 460 g/mol. The maximum atomic E-state index is 13.7. The van der Waals surface area contributed by atoms with Crippen LogP contribution in [0.1, 0.15) is 47.0 Å². The Morgan fingerprint density at radius 2 is 1.85 bits per heavy atom. The normalized spacial score (nSPS) is 11.2. The molecule has 0 aliphatic rings. The van der Waals surface area contributed by atoms with Crippen molar-refractivity contribution in [1.82, 2.24) is 19.6 Å². The van der Waals surface area contributed by atoms with E-state index < -0.39 is 0 Å². The van der Waals surface area contributed by atoms with Gasteiger partial charge < -0.3 is 19.3 Å². The SMILES string of the molecule is Cc1cc(CN(C)C(=O)c2cc(NC(=O)C(C)C)cc3nc(C)n(Cc4ccccc4)c23)on1. The number of hydrogen-bond acceptors (Lipinski definition) is 5. The van der Waals surface area contributed by atoms with Gasteiger partial charge in [0.25, 0.3) is 5.91 Å². The van der Waals surface area contributed by atoms with Crippen molar-refractivity contribution in [1.29, 1.82) is 0 Å². The van der Waals surface area contributed by atoms with Gasteiger partial charge in [-0.15, -0.1) is 0 Å². The lowest BCUT2D eigenvalue weighted by molar-refractivity contribution is -0.118. The molecule has 2 aromatic carbocycles. The quantitative estimate of drug-likeness (QED) is 0.437. The minimum Gasteiger partial charge on any atom is -0.359 e. The number of nitrogens with one attached hydrogen (secondary N) is 1. The van der Waals surface area contributed by atoms with E-state index in [-0.39, 0.29) is 24.3 Å². The van der Waals surface area contributed by atoms with Crippen molar-refractivity contribution in [3.05, 3.63) is 76.9 Å². The molecule has 4 aromatic rings. The number of carbonyl (C=O) groups excluding carboxylic acids is 2. The summed E-state index contributed by atoms with van der Waals surface area (Å²) >= 11 is 0. The highest BCUT2D eigenvalue weighted by Gasteiger charge is 2.23. The molecule has 8 heteroatoms. The molecule has 8 nitrogen and oxygen atoms in total. The molecule has 2 heterocycles. The monoisotopic (exact) mass is 459 g/mol. The molecule has 176 valence electrons. The summed E-state index contributed by atoms with van der Waals surface area (Å²) in [5, 5.41) is 6.82. The Morgan fingerprint density at radius 1 is 1.12 bits per heavy atom. The Morgan fingerprint density at radius 3 is 2.50 bits per heavy atom. The number of carbonyl (C=O) groups is 2. The summed E-state index contributed by atoms with van der Waals surface area (Å²) in [5.41, 5.74) is 4.26. The van der Waals surface area contributed by atoms with Crippen molar-refractivity contribution in [3.63, 3.8) is 0 Å². The molecule has 34 heavy (non-hydrogen) atoms. The van der Waals surface area contributed by atoms with Gasteiger partial charge in [-0.3, -0.25) is 9.59 Å². The van der Waals surface area contributed by atoms with Crippen molar-refractivity contribution in [3.8, 4) is 0 Å². The first-order chi connectivity index (χ1) is 16.2. The third kappa shape index (κ3) is 4.85. The van der Waals surface area contributed by atoms with Crippen molar-refractivity contribution in [2.75, 3.05) is 12.4 Å². The second kappa shape index (κ2) is 9.51. The van der Waals surface area contributed by atoms with Crippen LogP contribution >= 0.6 is 0 Å². The molecule has 0 atom stereocenters. The number of hydrogen-bond donors (Lipinski definition) is 1. The second-order valence-electron chi connectivity index (χ2n) is 8.86. The Hall–Kier alpha value is -3.94. The number of aromatic nitrogens is 3. The lowest BCUT2D eigenvalue weighted by Gasteiger charge is -2.18. The lowest BCUT2D eigenvalue weighted by atomic mass is 10.1. The molecule has 2 amide bonds. The van der Waals surface area contributed by atoms with E-state index in [1.54, 1.807) is 18.0 Å². The number of rotatable bonds is 7. The van der Waals surface area contributed by atoms with Gasteiger partial charge in [0, 0.05) is 31.3 Å². The van der Waals surface area contributed by atoms with Crippen LogP contribution in [0.3, 0.4) is 0 Å². The molecule has 2 aromatic heterocycles. The maximum absolute atomic E-state index is 13.7. The van der Waals surface area contributed by atoms with E-state index in [1.807, 2.05) is 74.7 Å². The molecule has 0 bridgehead atoms. The number of imidazole rings is 1. The first kappa shape index (κ1) is 23.2. The molecular weight excluding hydrogens is 430 g/mol. The van der Waals surface area contributed by atoms with E-state index in [0.717, 1.165) is 22.6 Å². The zero-order valence-electron chi connectivity index (χ0n) is 20.1. The molecule has 0 fully saturated rings. The van der Waals surface area contributed by atoms with Crippen LogP contribution in [0.5, 0.6) is 0 Å². The van der Waals surface area contributed by atoms with Crippen LogP contribution in [0.2, 0.25) is 0 Å². The number of amides is 2. The van der Waals surface area contributed by atoms with Gasteiger partial charge in [0.2, 0.25) is 5.91 Å². The topological polar surface area (TPSA) is 93.3 Å². The summed E-state index contributed by atoms with van der Waals surface area (Å²) in [4.78, 5) is 32.3. The average Bonchev–Trinajstić information content (AvgIpc) is 3.35. The van der Waals surface area contributed by atoms with E-state index in [2.05, 4.69) is 10.5 Å². The Balaban J connectivity index is 1.79. The molecule has 4 rings (SSSR count). The molecule has 0 saturated carbocycles. The van der Waals surface area contributed by atoms with Gasteiger partial charge in [-0.1, -0.05) is 49.3 Å². The zero-order valence-corrected chi connectivity index (χ0v) is 20.1. The van der Waals surface area contributed by atoms with Gasteiger partial charge in [0.15, 0.2) is 5.76 Å². The van der Waals surface area contributed by atoms with Gasteiger partial charge in [-0.2, -0.15) is 0 Å². The number of aryl methyl sites for hydroxylation is 2.